The maximum Gasteiger partial charge on any atom is 0.416 e. The van der Waals surface area contributed by atoms with E-state index in [1.54, 1.807) is 0 Å². The van der Waals surface area contributed by atoms with Crippen LogP contribution in [0, 0.1) is 0 Å². The number of amides is 1. The second kappa shape index (κ2) is 6.41. The topological polar surface area (TPSA) is 52.8 Å². The molecular formula is C18H13F3N2O3S. The van der Waals surface area contributed by atoms with Crippen LogP contribution in [0.4, 0.5) is 13.2 Å². The molecule has 0 unspecified atom stereocenters. The Hall–Kier alpha value is -2.81. The van der Waals surface area contributed by atoms with E-state index in [2.05, 4.69) is 4.99 Å². The predicted molar refractivity (Wildman–Crippen MR) is 92.9 cm³/mol. The summed E-state index contributed by atoms with van der Waals surface area (Å²) in [6.07, 6.45) is -4.52. The smallest absolute Gasteiger partial charge is 0.416 e. The summed E-state index contributed by atoms with van der Waals surface area (Å²) in [6.45, 7) is 2.59. The molecule has 140 valence electrons. The van der Waals surface area contributed by atoms with Crippen LogP contribution in [0.5, 0.6) is 11.5 Å². The first-order valence-electron chi connectivity index (χ1n) is 8.06. The van der Waals surface area contributed by atoms with Crippen LogP contribution in [-0.2, 0) is 12.7 Å². The number of rotatable bonds is 2. The molecule has 0 atom stereocenters. The summed E-state index contributed by atoms with van der Waals surface area (Å²) in [5.74, 6) is 0.496. The molecule has 0 aliphatic carbocycles. The Balaban J connectivity index is 1.80. The number of carbonyl (C=O) groups is 1. The van der Waals surface area contributed by atoms with Crippen molar-refractivity contribution in [2.75, 3.05) is 6.79 Å². The van der Waals surface area contributed by atoms with E-state index in [-0.39, 0.29) is 12.4 Å². The molecule has 2 heterocycles. The third-order valence-electron chi connectivity index (χ3n) is 4.13. The van der Waals surface area contributed by atoms with E-state index in [9.17, 15) is 18.0 Å². The molecule has 0 N–H and O–H groups in total. The van der Waals surface area contributed by atoms with Crippen LogP contribution >= 0.6 is 11.3 Å². The Morgan fingerprint density at radius 1 is 1.22 bits per heavy atom. The first-order valence-corrected chi connectivity index (χ1v) is 8.88. The molecule has 0 radical (unpaired) electrons. The molecule has 0 fully saturated rings. The minimum absolute atomic E-state index is 0.112. The fraction of sp³-hybridized carbons (Fsp3) is 0.222. The summed E-state index contributed by atoms with van der Waals surface area (Å²) < 4.78 is 52.0. The molecule has 2 aromatic carbocycles. The van der Waals surface area contributed by atoms with Crippen molar-refractivity contribution in [3.63, 3.8) is 0 Å². The molecule has 1 aliphatic heterocycles. The van der Waals surface area contributed by atoms with Crippen molar-refractivity contribution in [2.45, 2.75) is 19.6 Å². The third-order valence-corrected chi connectivity index (χ3v) is 5.17. The van der Waals surface area contributed by atoms with E-state index in [0.29, 0.717) is 22.8 Å². The second-order valence-electron chi connectivity index (χ2n) is 5.80. The van der Waals surface area contributed by atoms with Crippen molar-refractivity contribution in [1.82, 2.24) is 4.57 Å². The normalized spacial score (nSPS) is 14.1. The van der Waals surface area contributed by atoms with Crippen molar-refractivity contribution in [3.8, 4) is 11.5 Å². The lowest BCUT2D eigenvalue weighted by molar-refractivity contribution is -0.137. The van der Waals surface area contributed by atoms with Gasteiger partial charge in [-0.05, 0) is 25.1 Å². The van der Waals surface area contributed by atoms with Gasteiger partial charge in [0, 0.05) is 24.2 Å². The van der Waals surface area contributed by atoms with E-state index in [4.69, 9.17) is 9.47 Å². The zero-order valence-electron chi connectivity index (χ0n) is 14.0. The molecule has 0 saturated carbocycles. The molecule has 1 amide bonds. The Kier molecular flexibility index (Phi) is 4.18. The average Bonchev–Trinajstić information content (AvgIpc) is 3.21. The number of hydrogen-bond acceptors (Lipinski definition) is 4. The number of halogens is 3. The van der Waals surface area contributed by atoms with Gasteiger partial charge in [0.2, 0.25) is 6.79 Å². The maximum atomic E-state index is 12.9. The minimum Gasteiger partial charge on any atom is -0.454 e. The number of nitrogens with zero attached hydrogens (tertiary/aromatic N) is 2. The molecule has 1 aromatic heterocycles. The second-order valence-corrected chi connectivity index (χ2v) is 6.81. The van der Waals surface area contributed by atoms with Gasteiger partial charge in [0.05, 0.1) is 15.8 Å². The lowest BCUT2D eigenvalue weighted by Gasteiger charge is -2.06. The highest BCUT2D eigenvalue weighted by molar-refractivity contribution is 7.16. The molecule has 5 nitrogen and oxygen atoms in total. The number of carbonyl (C=O) groups excluding carboxylic acids is 1. The largest absolute Gasteiger partial charge is 0.454 e. The van der Waals surface area contributed by atoms with Gasteiger partial charge in [0.25, 0.3) is 5.91 Å². The van der Waals surface area contributed by atoms with E-state index >= 15 is 0 Å². The van der Waals surface area contributed by atoms with Crippen molar-refractivity contribution in [3.05, 3.63) is 52.3 Å². The van der Waals surface area contributed by atoms with Gasteiger partial charge in [-0.3, -0.25) is 4.79 Å². The number of ether oxygens (including phenoxy) is 2. The molecule has 0 spiro atoms. The van der Waals surface area contributed by atoms with Crippen LogP contribution in [0.15, 0.2) is 41.4 Å². The fourth-order valence-corrected chi connectivity index (χ4v) is 3.93. The van der Waals surface area contributed by atoms with Crippen LogP contribution in [0.2, 0.25) is 0 Å². The highest BCUT2D eigenvalue weighted by Gasteiger charge is 2.30. The number of aryl methyl sites for hydroxylation is 1. The van der Waals surface area contributed by atoms with Gasteiger partial charge in [0.15, 0.2) is 16.3 Å². The molecule has 0 saturated heterocycles. The van der Waals surface area contributed by atoms with Gasteiger partial charge in [-0.1, -0.05) is 17.4 Å². The Morgan fingerprint density at radius 2 is 1.96 bits per heavy atom. The summed E-state index contributed by atoms with van der Waals surface area (Å²) in [6, 6.07) is 7.87. The SMILES string of the molecule is CCn1c(=NC(=O)c2cccc(C(F)(F)F)c2)sc2cc3c(cc21)OCO3. The maximum absolute atomic E-state index is 12.9. The standard InChI is InChI=1S/C18H13F3N2O3S/c1-2-23-12-7-13-14(26-9-25-13)8-15(12)27-17(23)22-16(24)10-4-3-5-11(6-10)18(19,20)21/h3-8H,2,9H2,1H3. The molecule has 27 heavy (non-hydrogen) atoms. The summed E-state index contributed by atoms with van der Waals surface area (Å²) in [5, 5.41) is 0. The van der Waals surface area contributed by atoms with Crippen molar-refractivity contribution in [1.29, 1.82) is 0 Å². The van der Waals surface area contributed by atoms with E-state index < -0.39 is 17.6 Å². The Labute approximate surface area is 155 Å². The van der Waals surface area contributed by atoms with E-state index in [0.717, 1.165) is 22.3 Å². The van der Waals surface area contributed by atoms with Crippen molar-refractivity contribution in [2.24, 2.45) is 4.99 Å². The lowest BCUT2D eigenvalue weighted by Crippen LogP contribution is -2.16. The van der Waals surface area contributed by atoms with E-state index in [1.807, 2.05) is 23.6 Å². The number of benzene rings is 2. The zero-order chi connectivity index (χ0) is 19.2. The third kappa shape index (κ3) is 3.18. The van der Waals surface area contributed by atoms with Crippen LogP contribution in [0.25, 0.3) is 10.2 Å². The molecule has 1 aliphatic rings. The van der Waals surface area contributed by atoms with Gasteiger partial charge in [-0.2, -0.15) is 18.2 Å². The number of thiazole rings is 1. The number of hydrogen-bond donors (Lipinski definition) is 0. The highest BCUT2D eigenvalue weighted by Crippen LogP contribution is 2.37. The van der Waals surface area contributed by atoms with Crippen molar-refractivity contribution >= 4 is 27.5 Å². The molecule has 0 bridgehead atoms. The predicted octanol–water partition coefficient (Wildman–Crippen LogP) is 4.21. The summed E-state index contributed by atoms with van der Waals surface area (Å²) in [5.41, 5.74) is -0.171. The summed E-state index contributed by atoms with van der Waals surface area (Å²) >= 11 is 1.26. The van der Waals surface area contributed by atoms with Gasteiger partial charge >= 0.3 is 6.18 Å². The Bertz CT molecular complexity index is 1120. The lowest BCUT2D eigenvalue weighted by atomic mass is 10.1. The van der Waals surface area contributed by atoms with Crippen molar-refractivity contribution < 1.29 is 27.4 Å². The van der Waals surface area contributed by atoms with Gasteiger partial charge in [0.1, 0.15) is 0 Å². The Morgan fingerprint density at radius 3 is 2.67 bits per heavy atom. The van der Waals surface area contributed by atoms with Gasteiger partial charge in [-0.15, -0.1) is 0 Å². The zero-order valence-corrected chi connectivity index (χ0v) is 14.9. The monoisotopic (exact) mass is 394 g/mol. The first-order chi connectivity index (χ1) is 12.9. The molecule has 3 aromatic rings. The fourth-order valence-electron chi connectivity index (χ4n) is 2.83. The number of alkyl halides is 3. The van der Waals surface area contributed by atoms with E-state index in [1.165, 1.54) is 23.5 Å². The number of aromatic nitrogens is 1. The molecular weight excluding hydrogens is 381 g/mol. The molecule has 4 rings (SSSR count). The minimum atomic E-state index is -4.52. The van der Waals surface area contributed by atoms with Crippen LogP contribution in [0.3, 0.4) is 0 Å². The summed E-state index contributed by atoms with van der Waals surface area (Å²) in [7, 11) is 0. The summed E-state index contributed by atoms with van der Waals surface area (Å²) in [4.78, 5) is 16.9. The number of fused-ring (bicyclic) bond motifs is 2. The van der Waals surface area contributed by atoms with Gasteiger partial charge in [-0.25, -0.2) is 0 Å². The molecule has 9 heteroatoms. The van der Waals surface area contributed by atoms with Crippen LogP contribution in [-0.4, -0.2) is 17.3 Å². The van der Waals surface area contributed by atoms with Crippen LogP contribution < -0.4 is 14.3 Å². The van der Waals surface area contributed by atoms with Gasteiger partial charge < -0.3 is 14.0 Å². The average molecular weight is 394 g/mol. The highest BCUT2D eigenvalue weighted by atomic mass is 32.1. The first kappa shape index (κ1) is 17.6. The van der Waals surface area contributed by atoms with Crippen LogP contribution in [0.1, 0.15) is 22.8 Å². The quantitative estimate of drug-likeness (QED) is 0.654.